The van der Waals surface area contributed by atoms with E-state index in [4.69, 9.17) is 21.1 Å². The number of anilines is 2. The number of hydrogen-bond acceptors (Lipinski definition) is 6. The third-order valence-electron chi connectivity index (χ3n) is 3.02. The lowest BCUT2D eigenvalue weighted by Crippen LogP contribution is -2.01. The molecule has 0 amide bonds. The zero-order chi connectivity index (χ0) is 16.4. The van der Waals surface area contributed by atoms with Gasteiger partial charge in [0.05, 0.1) is 10.7 Å². The Hall–Kier alpha value is -2.93. The van der Waals surface area contributed by atoms with Gasteiger partial charge in [0.15, 0.2) is 0 Å². The average Bonchev–Trinajstić information content (AvgIpc) is 3.01. The van der Waals surface area contributed by atoms with Crippen LogP contribution >= 0.6 is 11.6 Å². The minimum atomic E-state index is -1.24. The number of hydrogen-bond donors (Lipinski definition) is 2. The van der Waals surface area contributed by atoms with E-state index in [-0.39, 0.29) is 0 Å². The SMILES string of the molecule is Cc1cnc(Nc2ccccc2Cl)nc1-c1coc(C(=O)O)n1. The number of benzene rings is 1. The molecule has 2 N–H and O–H groups in total. The van der Waals surface area contributed by atoms with Gasteiger partial charge in [-0.25, -0.2) is 19.7 Å². The molecule has 2 aromatic heterocycles. The predicted octanol–water partition coefficient (Wildman–Crippen LogP) is 3.54. The number of aromatic nitrogens is 3. The first kappa shape index (κ1) is 15.0. The molecule has 0 saturated carbocycles. The van der Waals surface area contributed by atoms with Gasteiger partial charge in [-0.05, 0) is 24.6 Å². The standard InChI is InChI=1S/C15H11ClN4O3/c1-8-6-17-15(19-10-5-3-2-4-9(10)16)20-12(8)11-7-23-13(18-11)14(21)22/h2-7H,1H3,(H,21,22)(H,17,19,20). The van der Waals surface area contributed by atoms with Gasteiger partial charge in [-0.2, -0.15) is 0 Å². The number of carbonyl (C=O) groups is 1. The van der Waals surface area contributed by atoms with Crippen LogP contribution in [0.25, 0.3) is 11.4 Å². The summed E-state index contributed by atoms with van der Waals surface area (Å²) < 4.78 is 4.90. The van der Waals surface area contributed by atoms with Crippen molar-refractivity contribution in [3.8, 4) is 11.4 Å². The molecular formula is C15H11ClN4O3. The first-order chi connectivity index (χ1) is 11.0. The van der Waals surface area contributed by atoms with Gasteiger partial charge in [0.1, 0.15) is 17.7 Å². The Morgan fingerprint density at radius 3 is 2.78 bits per heavy atom. The van der Waals surface area contributed by atoms with Crippen LogP contribution in [0.3, 0.4) is 0 Å². The molecular weight excluding hydrogens is 320 g/mol. The van der Waals surface area contributed by atoms with Crippen molar-refractivity contribution in [2.75, 3.05) is 5.32 Å². The maximum Gasteiger partial charge on any atom is 0.392 e. The summed E-state index contributed by atoms with van der Waals surface area (Å²) in [6.45, 7) is 1.80. The highest BCUT2D eigenvalue weighted by atomic mass is 35.5. The molecule has 0 spiro atoms. The number of halogens is 1. The fourth-order valence-electron chi connectivity index (χ4n) is 1.93. The number of aryl methyl sites for hydroxylation is 1. The summed E-state index contributed by atoms with van der Waals surface area (Å²) in [6, 6.07) is 7.19. The van der Waals surface area contributed by atoms with E-state index in [1.165, 1.54) is 6.26 Å². The van der Waals surface area contributed by atoms with E-state index >= 15 is 0 Å². The number of para-hydroxylation sites is 1. The molecule has 7 nitrogen and oxygen atoms in total. The molecule has 3 aromatic rings. The quantitative estimate of drug-likeness (QED) is 0.754. The molecule has 0 bridgehead atoms. The van der Waals surface area contributed by atoms with Crippen molar-refractivity contribution in [3.63, 3.8) is 0 Å². The Morgan fingerprint density at radius 2 is 2.09 bits per heavy atom. The van der Waals surface area contributed by atoms with Crippen LogP contribution in [0.1, 0.15) is 16.2 Å². The third-order valence-corrected chi connectivity index (χ3v) is 3.35. The Kier molecular flexibility index (Phi) is 3.94. The highest BCUT2D eigenvalue weighted by Crippen LogP contribution is 2.25. The maximum atomic E-state index is 10.9. The van der Waals surface area contributed by atoms with Gasteiger partial charge in [-0.1, -0.05) is 23.7 Å². The molecule has 3 rings (SSSR count). The number of aromatic carboxylic acids is 1. The van der Waals surface area contributed by atoms with E-state index in [0.717, 1.165) is 5.56 Å². The first-order valence-corrected chi connectivity index (χ1v) is 6.97. The lowest BCUT2D eigenvalue weighted by molar-refractivity contribution is 0.0653. The summed E-state index contributed by atoms with van der Waals surface area (Å²) in [5.41, 5.74) is 2.20. The fraction of sp³-hybridized carbons (Fsp3) is 0.0667. The number of nitrogens with zero attached hydrogens (tertiary/aromatic N) is 3. The molecule has 1 aromatic carbocycles. The van der Waals surface area contributed by atoms with Crippen LogP contribution < -0.4 is 5.32 Å². The van der Waals surface area contributed by atoms with Crippen molar-refractivity contribution in [3.05, 3.63) is 53.2 Å². The van der Waals surface area contributed by atoms with Crippen molar-refractivity contribution in [2.24, 2.45) is 0 Å². The second kappa shape index (κ2) is 6.05. The summed E-state index contributed by atoms with van der Waals surface area (Å²) in [4.78, 5) is 23.3. The molecule has 0 aliphatic rings. The molecule has 116 valence electrons. The van der Waals surface area contributed by atoms with Gasteiger partial charge in [-0.15, -0.1) is 0 Å². The largest absolute Gasteiger partial charge is 0.474 e. The van der Waals surface area contributed by atoms with Crippen LogP contribution in [0.15, 0.2) is 41.1 Å². The van der Waals surface area contributed by atoms with Crippen LogP contribution in [0.5, 0.6) is 0 Å². The number of carboxylic acids is 1. The molecule has 23 heavy (non-hydrogen) atoms. The zero-order valence-electron chi connectivity index (χ0n) is 11.9. The summed E-state index contributed by atoms with van der Waals surface area (Å²) in [5.74, 6) is -1.31. The topological polar surface area (TPSA) is 101 Å². The van der Waals surface area contributed by atoms with E-state index < -0.39 is 11.9 Å². The summed E-state index contributed by atoms with van der Waals surface area (Å²) >= 11 is 6.09. The monoisotopic (exact) mass is 330 g/mol. The molecule has 0 fully saturated rings. The van der Waals surface area contributed by atoms with Crippen molar-refractivity contribution < 1.29 is 14.3 Å². The molecule has 0 unspecified atom stereocenters. The summed E-state index contributed by atoms with van der Waals surface area (Å²) in [7, 11) is 0. The van der Waals surface area contributed by atoms with E-state index in [1.54, 1.807) is 25.3 Å². The lowest BCUT2D eigenvalue weighted by atomic mass is 10.2. The van der Waals surface area contributed by atoms with Gasteiger partial charge in [0.25, 0.3) is 0 Å². The highest BCUT2D eigenvalue weighted by Gasteiger charge is 2.16. The lowest BCUT2D eigenvalue weighted by Gasteiger charge is -2.08. The second-order valence-corrected chi connectivity index (χ2v) is 5.08. The number of rotatable bonds is 4. The van der Waals surface area contributed by atoms with Gasteiger partial charge in [-0.3, -0.25) is 0 Å². The van der Waals surface area contributed by atoms with Crippen molar-refractivity contribution >= 4 is 29.2 Å². The third kappa shape index (κ3) is 3.14. The molecule has 0 radical (unpaired) electrons. The molecule has 2 heterocycles. The maximum absolute atomic E-state index is 10.9. The molecule has 0 saturated heterocycles. The van der Waals surface area contributed by atoms with Crippen LogP contribution in [-0.2, 0) is 0 Å². The van der Waals surface area contributed by atoms with E-state index in [0.29, 0.717) is 28.0 Å². The Labute approximate surface area is 136 Å². The van der Waals surface area contributed by atoms with Crippen LogP contribution in [-0.4, -0.2) is 26.0 Å². The molecule has 0 atom stereocenters. The Morgan fingerprint density at radius 1 is 1.30 bits per heavy atom. The van der Waals surface area contributed by atoms with E-state index in [1.807, 2.05) is 12.1 Å². The molecule has 0 aliphatic carbocycles. The second-order valence-electron chi connectivity index (χ2n) is 4.67. The summed E-state index contributed by atoms with van der Waals surface area (Å²) in [6.07, 6.45) is 2.86. The van der Waals surface area contributed by atoms with Crippen molar-refractivity contribution in [1.82, 2.24) is 15.0 Å². The number of carboxylic acid groups (broad SMARTS) is 1. The van der Waals surface area contributed by atoms with Gasteiger partial charge in [0, 0.05) is 6.20 Å². The van der Waals surface area contributed by atoms with Gasteiger partial charge >= 0.3 is 11.9 Å². The Balaban J connectivity index is 1.95. The highest BCUT2D eigenvalue weighted by molar-refractivity contribution is 6.33. The van der Waals surface area contributed by atoms with E-state index in [9.17, 15) is 4.79 Å². The van der Waals surface area contributed by atoms with Crippen LogP contribution in [0, 0.1) is 6.92 Å². The van der Waals surface area contributed by atoms with Crippen molar-refractivity contribution in [1.29, 1.82) is 0 Å². The summed E-state index contributed by atoms with van der Waals surface area (Å²) in [5, 5.41) is 12.4. The minimum Gasteiger partial charge on any atom is -0.474 e. The Bertz CT molecular complexity index is 879. The molecule has 8 heteroatoms. The normalized spacial score (nSPS) is 10.5. The predicted molar refractivity (Wildman–Crippen MR) is 84.0 cm³/mol. The molecule has 0 aliphatic heterocycles. The zero-order valence-corrected chi connectivity index (χ0v) is 12.7. The van der Waals surface area contributed by atoms with E-state index in [2.05, 4.69) is 20.3 Å². The first-order valence-electron chi connectivity index (χ1n) is 6.59. The van der Waals surface area contributed by atoms with Gasteiger partial charge in [0.2, 0.25) is 5.95 Å². The number of nitrogens with one attached hydrogen (secondary N) is 1. The smallest absolute Gasteiger partial charge is 0.392 e. The van der Waals surface area contributed by atoms with Crippen molar-refractivity contribution in [2.45, 2.75) is 6.92 Å². The average molecular weight is 331 g/mol. The van der Waals surface area contributed by atoms with Crippen LogP contribution in [0.4, 0.5) is 11.6 Å². The number of oxazole rings is 1. The minimum absolute atomic E-state index is 0.318. The fourth-order valence-corrected chi connectivity index (χ4v) is 2.11. The van der Waals surface area contributed by atoms with Crippen LogP contribution in [0.2, 0.25) is 5.02 Å². The van der Waals surface area contributed by atoms with Gasteiger partial charge < -0.3 is 14.8 Å².